The van der Waals surface area contributed by atoms with E-state index in [1.54, 1.807) is 11.9 Å². The number of benzene rings is 1. The number of hydrogen-bond donors (Lipinski definition) is 0. The molecule has 2 rings (SSSR count). The Kier molecular flexibility index (Phi) is 2.89. The van der Waals surface area contributed by atoms with Gasteiger partial charge in [-0.05, 0) is 23.1 Å². The van der Waals surface area contributed by atoms with Crippen LogP contribution in [0.25, 0.3) is 0 Å². The Hall–Kier alpha value is -1.82. The van der Waals surface area contributed by atoms with Gasteiger partial charge in [0.25, 0.3) is 0 Å². The third kappa shape index (κ3) is 1.80. The number of hydrogen-bond acceptors (Lipinski definition) is 2. The van der Waals surface area contributed by atoms with Crippen molar-refractivity contribution in [3.8, 4) is 6.07 Å². The summed E-state index contributed by atoms with van der Waals surface area (Å²) >= 11 is 0. The second-order valence-electron chi connectivity index (χ2n) is 4.79. The minimum absolute atomic E-state index is 0.0301. The quantitative estimate of drug-likeness (QED) is 0.781. The van der Waals surface area contributed by atoms with Crippen molar-refractivity contribution < 1.29 is 4.79 Å². The predicted octanol–water partition coefficient (Wildman–Crippen LogP) is 2.78. The molecule has 1 amide bonds. The summed E-state index contributed by atoms with van der Waals surface area (Å²) < 4.78 is 0. The number of anilines is 1. The molecule has 0 N–H and O–H groups in total. The van der Waals surface area contributed by atoms with Crippen molar-refractivity contribution in [1.29, 1.82) is 5.26 Å². The highest BCUT2D eigenvalue weighted by atomic mass is 16.2. The maximum atomic E-state index is 12.0. The van der Waals surface area contributed by atoms with Crippen LogP contribution in [0.15, 0.2) is 18.2 Å². The Morgan fingerprint density at radius 1 is 1.47 bits per heavy atom. The number of likely N-dealkylation sites (N-methyl/N-ethyl adjacent to an activating group) is 1. The van der Waals surface area contributed by atoms with Crippen LogP contribution in [0.4, 0.5) is 5.69 Å². The highest BCUT2D eigenvalue weighted by molar-refractivity contribution is 6.04. The van der Waals surface area contributed by atoms with Crippen molar-refractivity contribution in [1.82, 2.24) is 0 Å². The molecule has 0 radical (unpaired) electrons. The van der Waals surface area contributed by atoms with E-state index in [-0.39, 0.29) is 18.2 Å². The summed E-state index contributed by atoms with van der Waals surface area (Å²) in [6, 6.07) is 8.22. The molecule has 17 heavy (non-hydrogen) atoms. The fraction of sp³-hybridized carbons (Fsp3) is 0.429. The van der Waals surface area contributed by atoms with Crippen LogP contribution in [0.5, 0.6) is 0 Å². The van der Waals surface area contributed by atoms with E-state index < -0.39 is 0 Å². The monoisotopic (exact) mass is 228 g/mol. The van der Waals surface area contributed by atoms with E-state index in [0.717, 1.165) is 11.3 Å². The fourth-order valence-electron chi connectivity index (χ4n) is 2.29. The Morgan fingerprint density at radius 2 is 2.18 bits per heavy atom. The third-order valence-corrected chi connectivity index (χ3v) is 3.38. The van der Waals surface area contributed by atoms with Crippen molar-refractivity contribution in [2.75, 3.05) is 11.9 Å². The zero-order chi connectivity index (χ0) is 12.6. The summed E-state index contributed by atoms with van der Waals surface area (Å²) in [5.74, 6) is 0.185. The van der Waals surface area contributed by atoms with E-state index >= 15 is 0 Å². The Morgan fingerprint density at radius 3 is 2.76 bits per heavy atom. The molecule has 1 unspecified atom stereocenters. The number of carbonyl (C=O) groups excluding carboxylic acids is 1. The number of nitrogens with zero attached hydrogens (tertiary/aromatic N) is 2. The molecule has 1 heterocycles. The molecule has 0 aliphatic carbocycles. The van der Waals surface area contributed by atoms with E-state index in [9.17, 15) is 4.79 Å². The van der Waals surface area contributed by atoms with E-state index in [0.29, 0.717) is 5.92 Å². The smallest absolute Gasteiger partial charge is 0.235 e. The highest BCUT2D eigenvalue weighted by Crippen LogP contribution is 2.39. The van der Waals surface area contributed by atoms with Gasteiger partial charge in [-0.15, -0.1) is 0 Å². The molecular weight excluding hydrogens is 212 g/mol. The predicted molar refractivity (Wildman–Crippen MR) is 66.9 cm³/mol. The summed E-state index contributed by atoms with van der Waals surface area (Å²) in [7, 11) is 1.77. The molecule has 1 atom stereocenters. The second kappa shape index (κ2) is 4.21. The van der Waals surface area contributed by atoms with Crippen molar-refractivity contribution in [3.05, 3.63) is 29.3 Å². The first kappa shape index (κ1) is 11.7. The van der Waals surface area contributed by atoms with Crippen LogP contribution < -0.4 is 4.90 Å². The minimum Gasteiger partial charge on any atom is -0.315 e. The van der Waals surface area contributed by atoms with Crippen molar-refractivity contribution in [3.63, 3.8) is 0 Å². The van der Waals surface area contributed by atoms with Gasteiger partial charge in [-0.25, -0.2) is 0 Å². The van der Waals surface area contributed by atoms with Crippen LogP contribution in [-0.4, -0.2) is 13.0 Å². The van der Waals surface area contributed by atoms with Crippen LogP contribution in [-0.2, 0) is 4.79 Å². The molecule has 0 fully saturated rings. The van der Waals surface area contributed by atoms with E-state index in [1.165, 1.54) is 5.56 Å². The number of rotatable bonds is 2. The van der Waals surface area contributed by atoms with E-state index in [1.807, 2.05) is 6.07 Å². The third-order valence-electron chi connectivity index (χ3n) is 3.38. The van der Waals surface area contributed by atoms with Gasteiger partial charge in [-0.1, -0.05) is 26.0 Å². The molecule has 0 bridgehead atoms. The SMILES string of the molecule is CC(C)c1ccc2c(c1)C(CC#N)C(=O)N2C. The van der Waals surface area contributed by atoms with Gasteiger partial charge in [-0.3, -0.25) is 4.79 Å². The summed E-state index contributed by atoms with van der Waals surface area (Å²) in [5, 5.41) is 8.81. The Labute approximate surface area is 102 Å². The Balaban J connectivity index is 2.50. The fourth-order valence-corrected chi connectivity index (χ4v) is 2.29. The summed E-state index contributed by atoms with van der Waals surface area (Å²) in [6.45, 7) is 4.25. The maximum Gasteiger partial charge on any atom is 0.235 e. The molecule has 1 aliphatic heterocycles. The van der Waals surface area contributed by atoms with Gasteiger partial charge >= 0.3 is 0 Å². The molecule has 1 aliphatic rings. The van der Waals surface area contributed by atoms with Gasteiger partial charge in [0.1, 0.15) is 0 Å². The van der Waals surface area contributed by atoms with Crippen LogP contribution >= 0.6 is 0 Å². The largest absolute Gasteiger partial charge is 0.315 e. The van der Waals surface area contributed by atoms with Gasteiger partial charge in [0.05, 0.1) is 18.4 Å². The lowest BCUT2D eigenvalue weighted by atomic mass is 9.93. The lowest BCUT2D eigenvalue weighted by Gasteiger charge is -2.11. The Bertz CT molecular complexity index is 499. The molecule has 0 saturated heterocycles. The second-order valence-corrected chi connectivity index (χ2v) is 4.79. The highest BCUT2D eigenvalue weighted by Gasteiger charge is 2.34. The number of amides is 1. The van der Waals surface area contributed by atoms with Gasteiger partial charge in [-0.2, -0.15) is 5.26 Å². The van der Waals surface area contributed by atoms with Crippen LogP contribution in [0.3, 0.4) is 0 Å². The molecule has 0 aromatic heterocycles. The summed E-state index contributed by atoms with van der Waals surface area (Å²) in [6.07, 6.45) is 0.262. The molecule has 0 spiro atoms. The first-order chi connectivity index (χ1) is 8.06. The minimum atomic E-state index is -0.279. The maximum absolute atomic E-state index is 12.0. The van der Waals surface area contributed by atoms with Gasteiger partial charge in [0.2, 0.25) is 5.91 Å². The standard InChI is InChI=1S/C14H16N2O/c1-9(2)10-4-5-13-12(8-10)11(6-7-15)14(17)16(13)3/h4-5,8-9,11H,6H2,1-3H3. The molecule has 88 valence electrons. The van der Waals surface area contributed by atoms with Crippen molar-refractivity contribution >= 4 is 11.6 Å². The molecule has 1 aromatic rings. The number of fused-ring (bicyclic) bond motifs is 1. The molecule has 3 heteroatoms. The normalized spacial score (nSPS) is 18.4. The van der Waals surface area contributed by atoms with Crippen LogP contribution in [0, 0.1) is 11.3 Å². The molecule has 1 aromatic carbocycles. The van der Waals surface area contributed by atoms with Gasteiger partial charge in [0, 0.05) is 12.7 Å². The first-order valence-corrected chi connectivity index (χ1v) is 5.84. The topological polar surface area (TPSA) is 44.1 Å². The van der Waals surface area contributed by atoms with E-state index in [4.69, 9.17) is 5.26 Å². The zero-order valence-corrected chi connectivity index (χ0v) is 10.4. The number of carbonyl (C=O) groups is 1. The summed E-state index contributed by atoms with van der Waals surface area (Å²) in [5.41, 5.74) is 3.17. The van der Waals surface area contributed by atoms with Gasteiger partial charge in [0.15, 0.2) is 0 Å². The molecule has 3 nitrogen and oxygen atoms in total. The lowest BCUT2D eigenvalue weighted by Crippen LogP contribution is -2.23. The van der Waals surface area contributed by atoms with Crippen molar-refractivity contribution in [2.45, 2.75) is 32.1 Å². The van der Waals surface area contributed by atoms with Gasteiger partial charge < -0.3 is 4.90 Å². The molecule has 0 saturated carbocycles. The average Bonchev–Trinajstić information content (AvgIpc) is 2.54. The van der Waals surface area contributed by atoms with Crippen molar-refractivity contribution in [2.24, 2.45) is 0 Å². The number of nitriles is 1. The summed E-state index contributed by atoms with van der Waals surface area (Å²) in [4.78, 5) is 13.7. The van der Waals surface area contributed by atoms with Crippen LogP contribution in [0.2, 0.25) is 0 Å². The van der Waals surface area contributed by atoms with E-state index in [2.05, 4.69) is 32.0 Å². The first-order valence-electron chi connectivity index (χ1n) is 5.84. The molecular formula is C14H16N2O. The lowest BCUT2D eigenvalue weighted by molar-refractivity contribution is -0.118. The zero-order valence-electron chi connectivity index (χ0n) is 10.4. The van der Waals surface area contributed by atoms with Crippen LogP contribution in [0.1, 0.15) is 43.2 Å². The average molecular weight is 228 g/mol.